The number of hydrogen-bond acceptors (Lipinski definition) is 5. The SMILES string of the molecule is CSCC[C@H](CO)NC(=O)[C@@H]1CC(=O)N(Cc2ccco2)C1. The summed E-state index contributed by atoms with van der Waals surface area (Å²) in [6.07, 6.45) is 4.49. The quantitative estimate of drug-likeness (QED) is 0.740. The Balaban J connectivity index is 1.85. The first-order valence-corrected chi connectivity index (χ1v) is 8.73. The van der Waals surface area contributed by atoms with E-state index in [1.807, 2.05) is 12.3 Å². The molecule has 6 nitrogen and oxygen atoms in total. The number of thioether (sulfide) groups is 1. The third kappa shape index (κ3) is 4.51. The Morgan fingerprint density at radius 2 is 2.45 bits per heavy atom. The Hall–Kier alpha value is -1.47. The van der Waals surface area contributed by atoms with Gasteiger partial charge in [0.1, 0.15) is 5.76 Å². The Labute approximate surface area is 134 Å². The molecule has 0 radical (unpaired) electrons. The lowest BCUT2D eigenvalue weighted by Gasteiger charge is -2.19. The fourth-order valence-corrected chi connectivity index (χ4v) is 3.00. The van der Waals surface area contributed by atoms with Gasteiger partial charge in [-0.05, 0) is 30.6 Å². The smallest absolute Gasteiger partial charge is 0.225 e. The van der Waals surface area contributed by atoms with Crippen LogP contribution in [0, 0.1) is 5.92 Å². The van der Waals surface area contributed by atoms with Crippen LogP contribution >= 0.6 is 11.8 Å². The zero-order chi connectivity index (χ0) is 15.9. The third-order valence-corrected chi connectivity index (χ3v) is 4.39. The molecular formula is C15H22N2O4S. The van der Waals surface area contributed by atoms with Crippen LogP contribution in [0.15, 0.2) is 22.8 Å². The zero-order valence-electron chi connectivity index (χ0n) is 12.7. The summed E-state index contributed by atoms with van der Waals surface area (Å²) in [5.41, 5.74) is 0. The number of hydrogen-bond donors (Lipinski definition) is 2. The molecule has 0 saturated carbocycles. The number of furan rings is 1. The van der Waals surface area contributed by atoms with Crippen LogP contribution in [0.3, 0.4) is 0 Å². The number of carbonyl (C=O) groups excluding carboxylic acids is 2. The van der Waals surface area contributed by atoms with Gasteiger partial charge in [-0.25, -0.2) is 0 Å². The highest BCUT2D eigenvalue weighted by Crippen LogP contribution is 2.21. The molecule has 1 aromatic heterocycles. The van der Waals surface area contributed by atoms with Crippen LogP contribution in [0.4, 0.5) is 0 Å². The Morgan fingerprint density at radius 1 is 1.64 bits per heavy atom. The number of rotatable bonds is 8. The fraction of sp³-hybridized carbons (Fsp3) is 0.600. The summed E-state index contributed by atoms with van der Waals surface area (Å²) >= 11 is 1.67. The average molecular weight is 326 g/mol. The van der Waals surface area contributed by atoms with Crippen molar-refractivity contribution in [3.05, 3.63) is 24.2 Å². The maximum Gasteiger partial charge on any atom is 0.225 e. The van der Waals surface area contributed by atoms with Crippen molar-refractivity contribution < 1.29 is 19.1 Å². The number of aliphatic hydroxyl groups is 1. The molecule has 2 N–H and O–H groups in total. The Morgan fingerprint density at radius 3 is 3.09 bits per heavy atom. The van der Waals surface area contributed by atoms with Gasteiger partial charge in [0.25, 0.3) is 0 Å². The molecule has 2 atom stereocenters. The van der Waals surface area contributed by atoms with Gasteiger partial charge in [0.05, 0.1) is 31.4 Å². The minimum Gasteiger partial charge on any atom is -0.467 e. The highest BCUT2D eigenvalue weighted by Gasteiger charge is 2.35. The minimum atomic E-state index is -0.356. The molecule has 0 spiro atoms. The van der Waals surface area contributed by atoms with Crippen molar-refractivity contribution >= 4 is 23.6 Å². The van der Waals surface area contributed by atoms with Gasteiger partial charge in [0, 0.05) is 13.0 Å². The summed E-state index contributed by atoms with van der Waals surface area (Å²) in [4.78, 5) is 25.9. The molecule has 0 aliphatic carbocycles. The van der Waals surface area contributed by atoms with Crippen molar-refractivity contribution in [2.45, 2.75) is 25.4 Å². The summed E-state index contributed by atoms with van der Waals surface area (Å²) < 4.78 is 5.24. The lowest BCUT2D eigenvalue weighted by molar-refractivity contribution is -0.129. The van der Waals surface area contributed by atoms with Gasteiger partial charge >= 0.3 is 0 Å². The first-order valence-electron chi connectivity index (χ1n) is 7.34. The summed E-state index contributed by atoms with van der Waals surface area (Å²) in [6, 6.07) is 3.34. The maximum absolute atomic E-state index is 12.2. The molecule has 1 saturated heterocycles. The lowest BCUT2D eigenvalue weighted by Crippen LogP contribution is -2.42. The largest absolute Gasteiger partial charge is 0.467 e. The van der Waals surface area contributed by atoms with Gasteiger partial charge in [-0.2, -0.15) is 11.8 Å². The van der Waals surface area contributed by atoms with Crippen LogP contribution in [0.5, 0.6) is 0 Å². The molecule has 2 heterocycles. The second-order valence-electron chi connectivity index (χ2n) is 5.42. The Bertz CT molecular complexity index is 492. The van der Waals surface area contributed by atoms with E-state index < -0.39 is 0 Å². The van der Waals surface area contributed by atoms with E-state index in [0.29, 0.717) is 18.8 Å². The van der Waals surface area contributed by atoms with E-state index in [-0.39, 0.29) is 36.8 Å². The molecule has 0 bridgehead atoms. The number of carbonyl (C=O) groups is 2. The van der Waals surface area contributed by atoms with Crippen molar-refractivity contribution in [3.8, 4) is 0 Å². The van der Waals surface area contributed by atoms with E-state index >= 15 is 0 Å². The molecule has 2 rings (SSSR count). The van der Waals surface area contributed by atoms with Crippen LogP contribution in [0.1, 0.15) is 18.6 Å². The van der Waals surface area contributed by atoms with Crippen LogP contribution in [0.25, 0.3) is 0 Å². The van der Waals surface area contributed by atoms with E-state index in [9.17, 15) is 14.7 Å². The highest BCUT2D eigenvalue weighted by molar-refractivity contribution is 7.98. The molecule has 1 aliphatic heterocycles. The topological polar surface area (TPSA) is 82.8 Å². The molecule has 1 fully saturated rings. The van der Waals surface area contributed by atoms with Gasteiger partial charge in [-0.3, -0.25) is 9.59 Å². The van der Waals surface area contributed by atoms with Crippen molar-refractivity contribution in [2.75, 3.05) is 25.2 Å². The third-order valence-electron chi connectivity index (χ3n) is 3.75. The molecule has 22 heavy (non-hydrogen) atoms. The predicted molar refractivity (Wildman–Crippen MR) is 84.2 cm³/mol. The number of amides is 2. The van der Waals surface area contributed by atoms with Crippen LogP contribution in [-0.2, 0) is 16.1 Å². The van der Waals surface area contributed by atoms with E-state index in [1.165, 1.54) is 0 Å². The molecule has 1 aliphatic rings. The predicted octanol–water partition coefficient (Wildman–Crippen LogP) is 0.858. The molecule has 1 aromatic rings. The number of nitrogens with zero attached hydrogens (tertiary/aromatic N) is 1. The van der Waals surface area contributed by atoms with Crippen LogP contribution in [-0.4, -0.2) is 53.0 Å². The highest BCUT2D eigenvalue weighted by atomic mass is 32.2. The summed E-state index contributed by atoms with van der Waals surface area (Å²) in [6.45, 7) is 0.709. The molecule has 0 aromatic carbocycles. The van der Waals surface area contributed by atoms with Gasteiger partial charge in [-0.15, -0.1) is 0 Å². The van der Waals surface area contributed by atoms with E-state index in [0.717, 1.165) is 12.2 Å². The molecule has 122 valence electrons. The van der Waals surface area contributed by atoms with E-state index in [1.54, 1.807) is 29.0 Å². The van der Waals surface area contributed by atoms with Crippen molar-refractivity contribution in [1.82, 2.24) is 10.2 Å². The standard InChI is InChI=1S/C15H22N2O4S/c1-22-6-4-12(10-18)16-15(20)11-7-14(19)17(8-11)9-13-3-2-5-21-13/h2-3,5,11-12,18H,4,6-10H2,1H3,(H,16,20)/t11-,12-/m1/s1. The normalized spacial score (nSPS) is 19.5. The van der Waals surface area contributed by atoms with Crippen molar-refractivity contribution in [3.63, 3.8) is 0 Å². The monoisotopic (exact) mass is 326 g/mol. The lowest BCUT2D eigenvalue weighted by atomic mass is 10.1. The van der Waals surface area contributed by atoms with Gasteiger partial charge < -0.3 is 19.7 Å². The van der Waals surface area contributed by atoms with Gasteiger partial charge in [0.15, 0.2) is 0 Å². The number of likely N-dealkylation sites (tertiary alicyclic amines) is 1. The summed E-state index contributed by atoms with van der Waals surface area (Å²) in [7, 11) is 0. The second kappa shape index (κ2) is 8.24. The van der Waals surface area contributed by atoms with Gasteiger partial charge in [0.2, 0.25) is 11.8 Å². The van der Waals surface area contributed by atoms with Gasteiger partial charge in [-0.1, -0.05) is 0 Å². The first-order chi connectivity index (χ1) is 10.6. The van der Waals surface area contributed by atoms with E-state index in [2.05, 4.69) is 5.32 Å². The first kappa shape index (κ1) is 16.9. The molecule has 0 unspecified atom stereocenters. The van der Waals surface area contributed by atoms with Crippen LogP contribution < -0.4 is 5.32 Å². The minimum absolute atomic E-state index is 0.0405. The number of aliphatic hydroxyl groups excluding tert-OH is 1. The number of nitrogens with one attached hydrogen (secondary N) is 1. The summed E-state index contributed by atoms with van der Waals surface area (Å²) in [5, 5.41) is 12.1. The fourth-order valence-electron chi connectivity index (χ4n) is 2.48. The van der Waals surface area contributed by atoms with Crippen molar-refractivity contribution in [1.29, 1.82) is 0 Å². The second-order valence-corrected chi connectivity index (χ2v) is 6.41. The van der Waals surface area contributed by atoms with Crippen molar-refractivity contribution in [2.24, 2.45) is 5.92 Å². The summed E-state index contributed by atoms with van der Waals surface area (Å²) in [5.74, 6) is 1.03. The maximum atomic E-state index is 12.2. The van der Waals surface area contributed by atoms with Crippen LogP contribution in [0.2, 0.25) is 0 Å². The Kier molecular flexibility index (Phi) is 6.33. The molecule has 7 heteroatoms. The molecule has 2 amide bonds. The zero-order valence-corrected chi connectivity index (χ0v) is 13.5. The van der Waals surface area contributed by atoms with E-state index in [4.69, 9.17) is 4.42 Å². The molecular weight excluding hydrogens is 304 g/mol. The average Bonchev–Trinajstić information content (AvgIpc) is 3.14.